The molecule has 0 aliphatic carbocycles. The molecule has 0 spiro atoms. The Kier molecular flexibility index (Phi) is 5.55. The monoisotopic (exact) mass is 364 g/mol. The molecule has 2 aliphatic rings. The van der Waals surface area contributed by atoms with Crippen LogP contribution in [0.15, 0.2) is 22.7 Å². The molecule has 2 nitrogen and oxygen atoms in total. The second-order valence-corrected chi connectivity index (χ2v) is 6.72. The van der Waals surface area contributed by atoms with E-state index in [4.69, 9.17) is 11.6 Å². The predicted octanol–water partition coefficient (Wildman–Crippen LogP) is 3.85. The highest BCUT2D eigenvalue weighted by Gasteiger charge is 2.29. The van der Waals surface area contributed by atoms with Gasteiger partial charge in [-0.05, 0) is 37.0 Å². The first-order valence-corrected chi connectivity index (χ1v) is 7.80. The lowest BCUT2D eigenvalue weighted by Gasteiger charge is -2.24. The lowest BCUT2D eigenvalue weighted by Crippen LogP contribution is -2.35. The third-order valence-electron chi connectivity index (χ3n) is 4.02. The summed E-state index contributed by atoms with van der Waals surface area (Å²) in [7, 11) is 0. The van der Waals surface area contributed by atoms with Crippen LogP contribution >= 0.6 is 39.9 Å². The summed E-state index contributed by atoms with van der Waals surface area (Å²) in [6.07, 6.45) is 3.96. The van der Waals surface area contributed by atoms with Gasteiger partial charge in [-0.3, -0.25) is 4.90 Å². The van der Waals surface area contributed by atoms with Crippen LogP contribution < -0.4 is 5.32 Å². The highest BCUT2D eigenvalue weighted by Crippen LogP contribution is 2.25. The average Bonchev–Trinajstić information content (AvgIpc) is 2.66. The first-order valence-electron chi connectivity index (χ1n) is 6.63. The maximum atomic E-state index is 6.30. The van der Waals surface area contributed by atoms with Gasteiger partial charge in [0, 0.05) is 41.2 Å². The van der Waals surface area contributed by atoms with Gasteiger partial charge < -0.3 is 5.32 Å². The fourth-order valence-electron chi connectivity index (χ4n) is 3.05. The molecule has 1 aromatic carbocycles. The van der Waals surface area contributed by atoms with Crippen molar-refractivity contribution in [2.75, 3.05) is 13.1 Å². The van der Waals surface area contributed by atoms with Crippen molar-refractivity contribution in [3.63, 3.8) is 0 Å². The molecule has 2 bridgehead atoms. The van der Waals surface area contributed by atoms with Gasteiger partial charge in [0.1, 0.15) is 0 Å². The first kappa shape index (κ1) is 15.6. The van der Waals surface area contributed by atoms with Crippen LogP contribution in [0.2, 0.25) is 5.02 Å². The van der Waals surface area contributed by atoms with Crippen molar-refractivity contribution < 1.29 is 0 Å². The SMILES string of the molecule is Cl.Clc1cc(Br)ccc1CN1CCC2CCC(C1)N2. The number of halogens is 3. The third-order valence-corrected chi connectivity index (χ3v) is 4.86. The van der Waals surface area contributed by atoms with Gasteiger partial charge >= 0.3 is 0 Å². The number of nitrogens with one attached hydrogen (secondary N) is 1. The number of fused-ring (bicyclic) bond motifs is 2. The Morgan fingerprint density at radius 3 is 2.84 bits per heavy atom. The molecule has 0 radical (unpaired) electrons. The van der Waals surface area contributed by atoms with E-state index in [1.54, 1.807) is 0 Å². The van der Waals surface area contributed by atoms with Crippen LogP contribution in [0.5, 0.6) is 0 Å². The van der Waals surface area contributed by atoms with E-state index < -0.39 is 0 Å². The van der Waals surface area contributed by atoms with Gasteiger partial charge in [0.2, 0.25) is 0 Å². The average molecular weight is 366 g/mol. The Morgan fingerprint density at radius 1 is 1.26 bits per heavy atom. The summed E-state index contributed by atoms with van der Waals surface area (Å²) in [6.45, 7) is 3.31. The Labute approximate surface area is 134 Å². The molecular weight excluding hydrogens is 347 g/mol. The van der Waals surface area contributed by atoms with Gasteiger partial charge in [0.05, 0.1) is 0 Å². The Balaban J connectivity index is 0.00000133. The summed E-state index contributed by atoms with van der Waals surface area (Å²) in [4.78, 5) is 2.53. The van der Waals surface area contributed by atoms with E-state index in [0.29, 0.717) is 6.04 Å². The van der Waals surface area contributed by atoms with Crippen LogP contribution in [0.3, 0.4) is 0 Å². The van der Waals surface area contributed by atoms with Crippen LogP contribution in [0.4, 0.5) is 0 Å². The summed E-state index contributed by atoms with van der Waals surface area (Å²) in [5, 5.41) is 4.58. The van der Waals surface area contributed by atoms with E-state index in [9.17, 15) is 0 Å². The number of likely N-dealkylation sites (tertiary alicyclic amines) is 1. The molecule has 5 heteroatoms. The minimum absolute atomic E-state index is 0. The van der Waals surface area contributed by atoms with Crippen LogP contribution in [-0.2, 0) is 6.54 Å². The fourth-order valence-corrected chi connectivity index (χ4v) is 3.78. The first-order chi connectivity index (χ1) is 8.70. The molecule has 2 saturated heterocycles. The number of benzene rings is 1. The molecule has 3 rings (SSSR count). The highest BCUT2D eigenvalue weighted by atomic mass is 79.9. The molecule has 106 valence electrons. The maximum Gasteiger partial charge on any atom is 0.0462 e. The minimum atomic E-state index is 0. The van der Waals surface area contributed by atoms with Gasteiger partial charge in [-0.2, -0.15) is 0 Å². The van der Waals surface area contributed by atoms with Crippen molar-refractivity contribution >= 4 is 39.9 Å². The van der Waals surface area contributed by atoms with Crippen LogP contribution in [0.25, 0.3) is 0 Å². The van der Waals surface area contributed by atoms with E-state index in [2.05, 4.69) is 38.3 Å². The zero-order valence-corrected chi connectivity index (χ0v) is 13.9. The van der Waals surface area contributed by atoms with Crippen LogP contribution in [0, 0.1) is 0 Å². The second-order valence-electron chi connectivity index (χ2n) is 5.40. The molecular formula is C14H19BrCl2N2. The van der Waals surface area contributed by atoms with Gasteiger partial charge in [-0.15, -0.1) is 12.4 Å². The zero-order valence-electron chi connectivity index (χ0n) is 10.7. The number of hydrogen-bond donors (Lipinski definition) is 1. The van der Waals surface area contributed by atoms with Crippen molar-refractivity contribution in [1.29, 1.82) is 0 Å². The Morgan fingerprint density at radius 2 is 2.05 bits per heavy atom. The lowest BCUT2D eigenvalue weighted by atomic mass is 10.1. The van der Waals surface area contributed by atoms with E-state index in [-0.39, 0.29) is 12.4 Å². The standard InChI is InChI=1S/C14H18BrClN2.ClH/c15-11-2-1-10(14(16)7-11)8-18-6-5-12-3-4-13(9-18)17-12;/h1-2,7,12-13,17H,3-6,8-9H2;1H. The normalized spacial score (nSPS) is 26.8. The lowest BCUT2D eigenvalue weighted by molar-refractivity contribution is 0.251. The van der Waals surface area contributed by atoms with Crippen molar-refractivity contribution in [2.45, 2.75) is 37.9 Å². The molecule has 2 unspecified atom stereocenters. The van der Waals surface area contributed by atoms with Gasteiger partial charge in [0.15, 0.2) is 0 Å². The smallest absolute Gasteiger partial charge is 0.0462 e. The summed E-state index contributed by atoms with van der Waals surface area (Å²) in [5.74, 6) is 0. The van der Waals surface area contributed by atoms with Crippen LogP contribution in [-0.4, -0.2) is 30.1 Å². The van der Waals surface area contributed by atoms with E-state index in [0.717, 1.165) is 28.6 Å². The predicted molar refractivity (Wildman–Crippen MR) is 86.2 cm³/mol. The molecule has 0 amide bonds. The summed E-state index contributed by atoms with van der Waals surface area (Å²) < 4.78 is 1.05. The topological polar surface area (TPSA) is 15.3 Å². The van der Waals surface area contributed by atoms with Gasteiger partial charge in [-0.1, -0.05) is 33.6 Å². The summed E-state index contributed by atoms with van der Waals surface area (Å²) in [6, 6.07) is 7.62. The van der Waals surface area contributed by atoms with Gasteiger partial charge in [0.25, 0.3) is 0 Å². The fraction of sp³-hybridized carbons (Fsp3) is 0.571. The molecule has 0 aromatic heterocycles. The van der Waals surface area contributed by atoms with Crippen molar-refractivity contribution in [3.8, 4) is 0 Å². The maximum absolute atomic E-state index is 6.30. The molecule has 1 N–H and O–H groups in total. The van der Waals surface area contributed by atoms with Gasteiger partial charge in [-0.25, -0.2) is 0 Å². The molecule has 19 heavy (non-hydrogen) atoms. The number of hydrogen-bond acceptors (Lipinski definition) is 2. The van der Waals surface area contributed by atoms with Crippen molar-refractivity contribution in [3.05, 3.63) is 33.3 Å². The quantitative estimate of drug-likeness (QED) is 0.856. The molecule has 2 atom stereocenters. The zero-order chi connectivity index (χ0) is 12.5. The third kappa shape index (κ3) is 3.85. The Bertz CT molecular complexity index is 441. The Hall–Kier alpha value is 0.200. The largest absolute Gasteiger partial charge is 0.310 e. The molecule has 2 aliphatic heterocycles. The summed E-state index contributed by atoms with van der Waals surface area (Å²) in [5.41, 5.74) is 1.23. The van der Waals surface area contributed by atoms with Crippen molar-refractivity contribution in [2.24, 2.45) is 0 Å². The minimum Gasteiger partial charge on any atom is -0.310 e. The number of rotatable bonds is 2. The second kappa shape index (κ2) is 6.77. The number of nitrogens with zero attached hydrogens (tertiary/aromatic N) is 1. The van der Waals surface area contributed by atoms with E-state index in [1.165, 1.54) is 31.4 Å². The molecule has 2 heterocycles. The van der Waals surface area contributed by atoms with E-state index in [1.807, 2.05) is 6.07 Å². The molecule has 0 saturated carbocycles. The van der Waals surface area contributed by atoms with E-state index >= 15 is 0 Å². The summed E-state index contributed by atoms with van der Waals surface area (Å²) >= 11 is 9.75. The highest BCUT2D eigenvalue weighted by molar-refractivity contribution is 9.10. The van der Waals surface area contributed by atoms with Crippen molar-refractivity contribution in [1.82, 2.24) is 10.2 Å². The van der Waals surface area contributed by atoms with Crippen LogP contribution in [0.1, 0.15) is 24.8 Å². The molecule has 2 fully saturated rings. The molecule has 1 aromatic rings.